The second kappa shape index (κ2) is 5.11. The van der Waals surface area contributed by atoms with Crippen LogP contribution in [-0.4, -0.2) is 37.4 Å². The molecule has 1 rings (SSSR count). The Labute approximate surface area is 88.7 Å². The van der Waals surface area contributed by atoms with Crippen LogP contribution in [0.3, 0.4) is 0 Å². The van der Waals surface area contributed by atoms with Crippen LogP contribution < -0.4 is 0 Å². The normalized spacial score (nSPS) is 23.6. The number of rotatable bonds is 0. The van der Waals surface area contributed by atoms with Gasteiger partial charge in [-0.25, -0.2) is 0 Å². The smallest absolute Gasteiger partial charge is 0.306 e. The molecule has 0 amide bonds. The summed E-state index contributed by atoms with van der Waals surface area (Å²) in [6.07, 6.45) is 0.133. The fourth-order valence-corrected chi connectivity index (χ4v) is 1.12. The lowest BCUT2D eigenvalue weighted by Gasteiger charge is -2.24. The summed E-state index contributed by atoms with van der Waals surface area (Å²) in [6, 6.07) is 0. The number of carbonyl (C=O) groups is 2. The molecule has 0 N–H and O–H groups in total. The molecule has 15 heavy (non-hydrogen) atoms. The Hall–Kier alpha value is -1.10. The van der Waals surface area contributed by atoms with Crippen molar-refractivity contribution in [2.24, 2.45) is 0 Å². The first-order chi connectivity index (χ1) is 6.99. The molecule has 1 heterocycles. The van der Waals surface area contributed by atoms with Crippen LogP contribution in [0.1, 0.15) is 26.7 Å². The maximum Gasteiger partial charge on any atom is 0.306 e. The molecule has 1 aliphatic rings. The van der Waals surface area contributed by atoms with Crippen LogP contribution in [-0.2, 0) is 23.8 Å². The number of hydrogen-bond acceptors (Lipinski definition) is 5. The lowest BCUT2D eigenvalue weighted by atomic mass is 10.1. The van der Waals surface area contributed by atoms with E-state index >= 15 is 0 Å². The fraction of sp³-hybridized carbons (Fsp3) is 0.800. The van der Waals surface area contributed by atoms with Gasteiger partial charge >= 0.3 is 11.9 Å². The second-order valence-electron chi connectivity index (χ2n) is 3.99. The zero-order chi connectivity index (χ0) is 11.3. The van der Waals surface area contributed by atoms with Crippen LogP contribution >= 0.6 is 0 Å². The van der Waals surface area contributed by atoms with Gasteiger partial charge in [0.2, 0.25) is 0 Å². The Morgan fingerprint density at radius 2 is 1.60 bits per heavy atom. The highest BCUT2D eigenvalue weighted by molar-refractivity contribution is 5.77. The molecule has 0 radical (unpaired) electrons. The minimum atomic E-state index is -0.535. The van der Waals surface area contributed by atoms with Gasteiger partial charge in [-0.15, -0.1) is 0 Å². The van der Waals surface area contributed by atoms with Crippen LogP contribution in [0, 0.1) is 0 Å². The summed E-state index contributed by atoms with van der Waals surface area (Å²) in [6.45, 7) is 4.37. The maximum absolute atomic E-state index is 11.2. The van der Waals surface area contributed by atoms with E-state index in [9.17, 15) is 9.59 Å². The van der Waals surface area contributed by atoms with Crippen molar-refractivity contribution < 1.29 is 23.8 Å². The minimum absolute atomic E-state index is 0.0644. The third-order valence-corrected chi connectivity index (χ3v) is 1.95. The highest BCUT2D eigenvalue weighted by Gasteiger charge is 2.22. The molecule has 5 nitrogen and oxygen atoms in total. The van der Waals surface area contributed by atoms with E-state index in [2.05, 4.69) is 0 Å². The lowest BCUT2D eigenvalue weighted by molar-refractivity contribution is -0.153. The molecule has 0 bridgehead atoms. The molecule has 86 valence electrons. The number of cyclic esters (lactones) is 2. The van der Waals surface area contributed by atoms with Crippen molar-refractivity contribution in [1.82, 2.24) is 0 Å². The number of ether oxygens (including phenoxy) is 3. The van der Waals surface area contributed by atoms with Crippen molar-refractivity contribution in [2.75, 3.05) is 19.8 Å². The average Bonchev–Trinajstić information content (AvgIpc) is 2.19. The predicted octanol–water partition coefficient (Wildman–Crippen LogP) is 0.662. The Bertz CT molecular complexity index is 246. The molecule has 0 aliphatic carbocycles. The summed E-state index contributed by atoms with van der Waals surface area (Å²) < 4.78 is 15.2. The van der Waals surface area contributed by atoms with Crippen LogP contribution in [0.4, 0.5) is 0 Å². The zero-order valence-corrected chi connectivity index (χ0v) is 9.08. The maximum atomic E-state index is 11.2. The van der Waals surface area contributed by atoms with E-state index < -0.39 is 17.5 Å². The summed E-state index contributed by atoms with van der Waals surface area (Å²) in [7, 11) is 0. The van der Waals surface area contributed by atoms with E-state index in [1.807, 2.05) is 13.8 Å². The molecule has 1 aliphatic heterocycles. The summed E-state index contributed by atoms with van der Waals surface area (Å²) >= 11 is 0. The monoisotopic (exact) mass is 216 g/mol. The van der Waals surface area contributed by atoms with E-state index in [1.165, 1.54) is 0 Å². The molecule has 0 saturated carbocycles. The second-order valence-corrected chi connectivity index (χ2v) is 3.99. The van der Waals surface area contributed by atoms with Crippen molar-refractivity contribution >= 4 is 11.9 Å². The van der Waals surface area contributed by atoms with Gasteiger partial charge in [0.05, 0.1) is 25.0 Å². The van der Waals surface area contributed by atoms with Gasteiger partial charge in [-0.1, -0.05) is 0 Å². The first-order valence-corrected chi connectivity index (χ1v) is 4.95. The van der Waals surface area contributed by atoms with E-state index in [4.69, 9.17) is 14.2 Å². The standard InChI is InChI=1S/C10H16O5/c1-10(2)7-14-9(12)4-3-8(11)13-5-6-15-10/h3-7H2,1-2H3. The van der Waals surface area contributed by atoms with Crippen LogP contribution in [0.25, 0.3) is 0 Å². The molecular formula is C10H16O5. The Morgan fingerprint density at radius 3 is 2.27 bits per heavy atom. The summed E-state index contributed by atoms with van der Waals surface area (Å²) in [5, 5.41) is 0. The molecule has 0 aromatic heterocycles. The SMILES string of the molecule is CC1(C)COC(=O)CCC(=O)OCCO1. The van der Waals surface area contributed by atoms with Gasteiger partial charge in [0.15, 0.2) is 0 Å². The third-order valence-electron chi connectivity index (χ3n) is 1.95. The molecule has 0 aromatic carbocycles. The van der Waals surface area contributed by atoms with Crippen LogP contribution in [0.15, 0.2) is 0 Å². The van der Waals surface area contributed by atoms with Gasteiger partial charge in [-0.2, -0.15) is 0 Å². The topological polar surface area (TPSA) is 61.8 Å². The number of hydrogen-bond donors (Lipinski definition) is 0. The first-order valence-electron chi connectivity index (χ1n) is 4.95. The van der Waals surface area contributed by atoms with Crippen LogP contribution in [0.2, 0.25) is 0 Å². The van der Waals surface area contributed by atoms with E-state index in [0.717, 1.165) is 0 Å². The summed E-state index contributed by atoms with van der Waals surface area (Å²) in [5.74, 6) is -0.791. The summed E-state index contributed by atoms with van der Waals surface area (Å²) in [4.78, 5) is 22.2. The molecule has 5 heteroatoms. The van der Waals surface area contributed by atoms with E-state index in [1.54, 1.807) is 0 Å². The largest absolute Gasteiger partial charge is 0.463 e. The first kappa shape index (κ1) is 12.0. The van der Waals surface area contributed by atoms with Crippen molar-refractivity contribution in [3.05, 3.63) is 0 Å². The Kier molecular flexibility index (Phi) is 4.08. The highest BCUT2D eigenvalue weighted by Crippen LogP contribution is 2.11. The quantitative estimate of drug-likeness (QED) is 0.557. The van der Waals surface area contributed by atoms with Gasteiger partial charge in [0.1, 0.15) is 13.2 Å². The van der Waals surface area contributed by atoms with Crippen molar-refractivity contribution in [1.29, 1.82) is 0 Å². The van der Waals surface area contributed by atoms with Crippen molar-refractivity contribution in [3.8, 4) is 0 Å². The average molecular weight is 216 g/mol. The van der Waals surface area contributed by atoms with Gasteiger partial charge in [0.25, 0.3) is 0 Å². The van der Waals surface area contributed by atoms with Crippen LogP contribution in [0.5, 0.6) is 0 Å². The molecule has 0 atom stereocenters. The summed E-state index contributed by atoms with van der Waals surface area (Å²) in [5.41, 5.74) is -0.535. The molecular weight excluding hydrogens is 200 g/mol. The van der Waals surface area contributed by atoms with Gasteiger partial charge < -0.3 is 14.2 Å². The van der Waals surface area contributed by atoms with E-state index in [0.29, 0.717) is 6.61 Å². The molecule has 0 spiro atoms. The number of carbonyl (C=O) groups excluding carboxylic acids is 2. The van der Waals surface area contributed by atoms with Crippen molar-refractivity contribution in [3.63, 3.8) is 0 Å². The molecule has 1 saturated heterocycles. The van der Waals surface area contributed by atoms with Gasteiger partial charge in [0, 0.05) is 0 Å². The molecule has 0 unspecified atom stereocenters. The predicted molar refractivity (Wildman–Crippen MR) is 51.2 cm³/mol. The highest BCUT2D eigenvalue weighted by atomic mass is 16.6. The zero-order valence-electron chi connectivity index (χ0n) is 9.08. The lowest BCUT2D eigenvalue weighted by Crippen LogP contribution is -2.32. The van der Waals surface area contributed by atoms with E-state index in [-0.39, 0.29) is 26.1 Å². The van der Waals surface area contributed by atoms with Crippen molar-refractivity contribution in [2.45, 2.75) is 32.3 Å². The van der Waals surface area contributed by atoms with Gasteiger partial charge in [-0.3, -0.25) is 9.59 Å². The fourth-order valence-electron chi connectivity index (χ4n) is 1.12. The molecule has 1 fully saturated rings. The molecule has 0 aromatic rings. The third kappa shape index (κ3) is 4.78. The number of esters is 2. The Morgan fingerprint density at radius 1 is 1.00 bits per heavy atom. The van der Waals surface area contributed by atoms with Gasteiger partial charge in [-0.05, 0) is 13.8 Å². The minimum Gasteiger partial charge on any atom is -0.463 e. The Balaban J connectivity index is 2.52.